The number of nitrogens with two attached hydrogens (primary N) is 1. The van der Waals surface area contributed by atoms with Crippen LogP contribution in [0.25, 0.3) is 0 Å². The van der Waals surface area contributed by atoms with Crippen molar-refractivity contribution in [2.75, 3.05) is 14.2 Å². The fourth-order valence-electron chi connectivity index (χ4n) is 1.83. The molecule has 0 aliphatic rings. The molecule has 0 fully saturated rings. The van der Waals surface area contributed by atoms with Crippen LogP contribution in [0.3, 0.4) is 0 Å². The third-order valence-corrected chi connectivity index (χ3v) is 3.05. The van der Waals surface area contributed by atoms with Crippen molar-refractivity contribution in [3.8, 4) is 5.75 Å². The molecule has 0 unspecified atom stereocenters. The minimum absolute atomic E-state index is 0.165. The molecule has 1 aromatic rings. The summed E-state index contributed by atoms with van der Waals surface area (Å²) in [4.78, 5) is 34.2. The van der Waals surface area contributed by atoms with Crippen molar-refractivity contribution in [3.63, 3.8) is 0 Å². The number of carbonyl (C=O) groups excluding carboxylic acids is 3. The van der Waals surface area contributed by atoms with E-state index >= 15 is 0 Å². The van der Waals surface area contributed by atoms with Crippen LogP contribution < -0.4 is 15.8 Å². The maximum atomic E-state index is 11.9. The van der Waals surface area contributed by atoms with E-state index in [1.807, 2.05) is 24.3 Å². The second kappa shape index (κ2) is 8.66. The highest BCUT2D eigenvalue weighted by Crippen LogP contribution is 2.13. The smallest absolute Gasteiger partial charge is 0.308 e. The monoisotopic (exact) mass is 308 g/mol. The number of aryl methyl sites for hydroxylation is 1. The number of amides is 2. The van der Waals surface area contributed by atoms with E-state index < -0.39 is 17.9 Å². The van der Waals surface area contributed by atoms with Gasteiger partial charge in [0.15, 0.2) is 0 Å². The fourth-order valence-corrected chi connectivity index (χ4v) is 1.83. The molecule has 0 heterocycles. The van der Waals surface area contributed by atoms with E-state index in [2.05, 4.69) is 10.1 Å². The quantitative estimate of drug-likeness (QED) is 0.665. The number of carbonyl (C=O) groups is 3. The standard InChI is InChI=1S/C15H20N2O5/c1-21-11-5-3-4-10(8-11)6-7-13(18)17-12(15(16)20)9-14(19)22-2/h3-5,8,12H,6-7,9H2,1-2H3,(H2,16,20)(H,17,18)/t12-/m0/s1. The summed E-state index contributed by atoms with van der Waals surface area (Å²) in [5.74, 6) is -1.05. The van der Waals surface area contributed by atoms with Crippen molar-refractivity contribution < 1.29 is 23.9 Å². The normalized spacial score (nSPS) is 11.4. The highest BCUT2D eigenvalue weighted by molar-refractivity contribution is 5.90. The summed E-state index contributed by atoms with van der Waals surface area (Å²) in [5, 5.41) is 2.43. The first-order valence-corrected chi connectivity index (χ1v) is 6.74. The van der Waals surface area contributed by atoms with Gasteiger partial charge in [0, 0.05) is 6.42 Å². The van der Waals surface area contributed by atoms with E-state index in [0.29, 0.717) is 12.2 Å². The third kappa shape index (κ3) is 5.82. The van der Waals surface area contributed by atoms with Crippen LogP contribution in [-0.2, 0) is 25.5 Å². The van der Waals surface area contributed by atoms with Crippen molar-refractivity contribution in [1.82, 2.24) is 5.32 Å². The largest absolute Gasteiger partial charge is 0.497 e. The molecular weight excluding hydrogens is 288 g/mol. The van der Waals surface area contributed by atoms with Crippen LogP contribution in [0, 0.1) is 0 Å². The maximum Gasteiger partial charge on any atom is 0.308 e. The van der Waals surface area contributed by atoms with E-state index in [4.69, 9.17) is 10.5 Å². The maximum absolute atomic E-state index is 11.9. The molecule has 1 atom stereocenters. The number of benzene rings is 1. The van der Waals surface area contributed by atoms with Crippen LogP contribution in [0.5, 0.6) is 5.75 Å². The van der Waals surface area contributed by atoms with Gasteiger partial charge in [-0.15, -0.1) is 0 Å². The van der Waals surface area contributed by atoms with Gasteiger partial charge in [0.2, 0.25) is 11.8 Å². The molecule has 0 bridgehead atoms. The molecule has 0 saturated carbocycles. The zero-order chi connectivity index (χ0) is 16.5. The molecule has 0 spiro atoms. The molecule has 7 heteroatoms. The molecule has 0 saturated heterocycles. The summed E-state index contributed by atoms with van der Waals surface area (Å²) in [6.07, 6.45) is 0.363. The van der Waals surface area contributed by atoms with Crippen LogP contribution in [0.1, 0.15) is 18.4 Å². The zero-order valence-electron chi connectivity index (χ0n) is 12.6. The Balaban J connectivity index is 2.52. The summed E-state index contributed by atoms with van der Waals surface area (Å²) < 4.78 is 9.56. The molecule has 22 heavy (non-hydrogen) atoms. The first kappa shape index (κ1) is 17.5. The van der Waals surface area contributed by atoms with Crippen LogP contribution in [-0.4, -0.2) is 38.0 Å². The molecule has 2 amide bonds. The van der Waals surface area contributed by atoms with Gasteiger partial charge in [0.05, 0.1) is 20.6 Å². The van der Waals surface area contributed by atoms with Gasteiger partial charge in [-0.05, 0) is 24.1 Å². The predicted molar refractivity (Wildman–Crippen MR) is 79.1 cm³/mol. The van der Waals surface area contributed by atoms with E-state index in [-0.39, 0.29) is 18.7 Å². The Bertz CT molecular complexity index is 544. The predicted octanol–water partition coefficient (Wildman–Crippen LogP) is 0.161. The second-order valence-electron chi connectivity index (χ2n) is 4.65. The summed E-state index contributed by atoms with van der Waals surface area (Å²) in [6.45, 7) is 0. The fraction of sp³-hybridized carbons (Fsp3) is 0.400. The van der Waals surface area contributed by atoms with Gasteiger partial charge in [-0.2, -0.15) is 0 Å². The number of primary amides is 1. The van der Waals surface area contributed by atoms with Gasteiger partial charge in [0.1, 0.15) is 11.8 Å². The Labute approximate surface area is 128 Å². The SMILES string of the molecule is COC(=O)C[C@H](NC(=O)CCc1cccc(OC)c1)C(N)=O. The lowest BCUT2D eigenvalue weighted by atomic mass is 10.1. The van der Waals surface area contributed by atoms with E-state index in [9.17, 15) is 14.4 Å². The third-order valence-electron chi connectivity index (χ3n) is 3.05. The lowest BCUT2D eigenvalue weighted by Crippen LogP contribution is -2.45. The molecule has 1 rings (SSSR count). The van der Waals surface area contributed by atoms with Gasteiger partial charge < -0.3 is 20.5 Å². The van der Waals surface area contributed by atoms with Gasteiger partial charge >= 0.3 is 5.97 Å². The van der Waals surface area contributed by atoms with Crippen molar-refractivity contribution in [1.29, 1.82) is 0 Å². The molecule has 1 aromatic carbocycles. The van der Waals surface area contributed by atoms with Gasteiger partial charge in [-0.25, -0.2) is 0 Å². The Morgan fingerprint density at radius 1 is 1.27 bits per heavy atom. The number of hydrogen-bond acceptors (Lipinski definition) is 5. The molecule has 0 aliphatic carbocycles. The number of rotatable bonds is 8. The van der Waals surface area contributed by atoms with Crippen molar-refractivity contribution >= 4 is 17.8 Å². The highest BCUT2D eigenvalue weighted by Gasteiger charge is 2.21. The Kier molecular flexibility index (Phi) is 6.88. The molecule has 3 N–H and O–H groups in total. The van der Waals surface area contributed by atoms with Crippen LogP contribution >= 0.6 is 0 Å². The molecule has 120 valence electrons. The van der Waals surface area contributed by atoms with E-state index in [1.165, 1.54) is 7.11 Å². The van der Waals surface area contributed by atoms with Gasteiger partial charge in [-0.3, -0.25) is 14.4 Å². The van der Waals surface area contributed by atoms with E-state index in [0.717, 1.165) is 5.56 Å². The molecule has 7 nitrogen and oxygen atoms in total. The van der Waals surface area contributed by atoms with Crippen LogP contribution in [0.15, 0.2) is 24.3 Å². The second-order valence-corrected chi connectivity index (χ2v) is 4.65. The summed E-state index contributed by atoms with van der Waals surface area (Å²) >= 11 is 0. The number of ether oxygens (including phenoxy) is 2. The summed E-state index contributed by atoms with van der Waals surface area (Å²) in [6, 6.07) is 6.27. The zero-order valence-corrected chi connectivity index (χ0v) is 12.6. The lowest BCUT2D eigenvalue weighted by Gasteiger charge is -2.14. The summed E-state index contributed by atoms with van der Waals surface area (Å²) in [7, 11) is 2.76. The average molecular weight is 308 g/mol. The average Bonchev–Trinajstić information content (AvgIpc) is 2.52. The molecular formula is C15H20N2O5. The topological polar surface area (TPSA) is 108 Å². The first-order chi connectivity index (χ1) is 10.5. The van der Waals surface area contributed by atoms with Gasteiger partial charge in [-0.1, -0.05) is 12.1 Å². The van der Waals surface area contributed by atoms with Crippen molar-refractivity contribution in [3.05, 3.63) is 29.8 Å². The highest BCUT2D eigenvalue weighted by atomic mass is 16.5. The Morgan fingerprint density at radius 2 is 2.00 bits per heavy atom. The number of hydrogen-bond donors (Lipinski definition) is 2. The van der Waals surface area contributed by atoms with Crippen molar-refractivity contribution in [2.24, 2.45) is 5.73 Å². The van der Waals surface area contributed by atoms with Crippen LogP contribution in [0.4, 0.5) is 0 Å². The minimum Gasteiger partial charge on any atom is -0.497 e. The molecule has 0 radical (unpaired) electrons. The minimum atomic E-state index is -1.06. The Hall–Kier alpha value is -2.57. The summed E-state index contributed by atoms with van der Waals surface area (Å²) in [5.41, 5.74) is 6.08. The number of methoxy groups -OCH3 is 2. The molecule has 0 aromatic heterocycles. The number of esters is 1. The van der Waals surface area contributed by atoms with Crippen molar-refractivity contribution in [2.45, 2.75) is 25.3 Å². The van der Waals surface area contributed by atoms with Crippen LogP contribution in [0.2, 0.25) is 0 Å². The molecule has 0 aliphatic heterocycles. The van der Waals surface area contributed by atoms with E-state index in [1.54, 1.807) is 7.11 Å². The Morgan fingerprint density at radius 3 is 2.59 bits per heavy atom. The number of nitrogens with one attached hydrogen (secondary N) is 1. The van der Waals surface area contributed by atoms with Gasteiger partial charge in [0.25, 0.3) is 0 Å². The lowest BCUT2D eigenvalue weighted by molar-refractivity contribution is -0.143. The first-order valence-electron chi connectivity index (χ1n) is 6.74.